The van der Waals surface area contributed by atoms with E-state index in [0.29, 0.717) is 38.5 Å². The normalized spacial score (nSPS) is 22.6. The molecule has 2 aromatic rings. The number of ether oxygens (including phenoxy) is 1. The van der Waals surface area contributed by atoms with Crippen molar-refractivity contribution < 1.29 is 18.3 Å². The van der Waals surface area contributed by atoms with E-state index in [2.05, 4.69) is 15.9 Å². The molecule has 1 aromatic heterocycles. The molecule has 1 aromatic carbocycles. The van der Waals surface area contributed by atoms with Crippen LogP contribution >= 0.6 is 15.9 Å². The van der Waals surface area contributed by atoms with Gasteiger partial charge in [-0.2, -0.15) is 0 Å². The fraction of sp³-hybridized carbons (Fsp3) is 0.640. The summed E-state index contributed by atoms with van der Waals surface area (Å²) in [6.45, 7) is 9.81. The molecule has 4 rings (SSSR count). The zero-order chi connectivity index (χ0) is 24.0. The second kappa shape index (κ2) is 9.17. The molecule has 3 heterocycles. The van der Waals surface area contributed by atoms with Gasteiger partial charge in [0, 0.05) is 47.2 Å². The van der Waals surface area contributed by atoms with E-state index >= 15 is 8.78 Å². The summed E-state index contributed by atoms with van der Waals surface area (Å²) in [5, 5.41) is 0.977. The molecule has 0 saturated carbocycles. The number of fused-ring (bicyclic) bond motifs is 1. The van der Waals surface area contributed by atoms with Gasteiger partial charge in [-0.3, -0.25) is 4.90 Å². The van der Waals surface area contributed by atoms with Gasteiger partial charge in [-0.25, -0.2) is 13.6 Å². The number of piperidine rings is 2. The summed E-state index contributed by atoms with van der Waals surface area (Å²) in [5.41, 5.74) is 1.21. The van der Waals surface area contributed by atoms with Gasteiger partial charge >= 0.3 is 6.09 Å². The monoisotopic (exact) mass is 525 g/mol. The minimum atomic E-state index is -2.81. The van der Waals surface area contributed by atoms with Gasteiger partial charge in [-0.05, 0) is 71.1 Å². The maximum absolute atomic E-state index is 15.4. The molecule has 0 radical (unpaired) electrons. The Balaban J connectivity index is 1.37. The van der Waals surface area contributed by atoms with E-state index in [1.165, 1.54) is 0 Å². The van der Waals surface area contributed by atoms with Crippen LogP contribution in [0.5, 0.6) is 0 Å². The van der Waals surface area contributed by atoms with Crippen molar-refractivity contribution >= 4 is 32.9 Å². The highest BCUT2D eigenvalue weighted by Crippen LogP contribution is 2.41. The number of carbonyl (C=O) groups excluding carboxylic acids is 1. The molecule has 8 heteroatoms. The molecule has 2 aliphatic rings. The van der Waals surface area contributed by atoms with Crippen LogP contribution in [-0.2, 0) is 4.74 Å². The van der Waals surface area contributed by atoms with Gasteiger partial charge in [0.05, 0.1) is 6.54 Å². The van der Waals surface area contributed by atoms with Gasteiger partial charge in [0.2, 0.25) is 0 Å². The largest absolute Gasteiger partial charge is 0.444 e. The summed E-state index contributed by atoms with van der Waals surface area (Å²) in [6, 6.07) is 6.92. The third-order valence-electron chi connectivity index (χ3n) is 6.76. The highest BCUT2D eigenvalue weighted by molar-refractivity contribution is 9.10. The Bertz CT molecular complexity index is 1010. The number of aromatic nitrogens is 1. The third-order valence-corrected chi connectivity index (χ3v) is 7.45. The average Bonchev–Trinajstić information content (AvgIpc) is 3.04. The lowest BCUT2D eigenvalue weighted by Gasteiger charge is -2.42. The molecule has 0 spiro atoms. The van der Waals surface area contributed by atoms with Gasteiger partial charge in [0.15, 0.2) is 0 Å². The van der Waals surface area contributed by atoms with Crippen molar-refractivity contribution in [1.29, 1.82) is 0 Å². The Kier molecular flexibility index (Phi) is 6.80. The highest BCUT2D eigenvalue weighted by atomic mass is 79.9. The molecular formula is C25H34BrF2N3O2. The molecular weight excluding hydrogens is 492 g/mol. The predicted molar refractivity (Wildman–Crippen MR) is 130 cm³/mol. The number of hydrogen-bond donors (Lipinski definition) is 0. The van der Waals surface area contributed by atoms with Crippen molar-refractivity contribution in [3.05, 3.63) is 34.4 Å². The molecule has 182 valence electrons. The van der Waals surface area contributed by atoms with Crippen LogP contribution < -0.4 is 0 Å². The SMILES string of the molecule is Cc1cc2c(Br)cccc2n1C1CCN(CC2CCN(C(=O)OC(C)(C)C)CC2)CC1(F)F. The second-order valence-electron chi connectivity index (χ2n) is 10.5. The number of amides is 1. The van der Waals surface area contributed by atoms with Crippen LogP contribution in [0.15, 0.2) is 28.7 Å². The van der Waals surface area contributed by atoms with E-state index in [9.17, 15) is 4.79 Å². The summed E-state index contributed by atoms with van der Waals surface area (Å²) in [4.78, 5) is 15.9. The first-order chi connectivity index (χ1) is 15.4. The van der Waals surface area contributed by atoms with Crippen molar-refractivity contribution in [2.75, 3.05) is 32.7 Å². The van der Waals surface area contributed by atoms with Gasteiger partial charge in [0.25, 0.3) is 5.92 Å². The topological polar surface area (TPSA) is 37.7 Å². The number of benzene rings is 1. The van der Waals surface area contributed by atoms with Crippen LogP contribution in [-0.4, -0.2) is 64.7 Å². The zero-order valence-corrected chi connectivity index (χ0v) is 21.5. The lowest BCUT2D eigenvalue weighted by molar-refractivity contribution is -0.106. The van der Waals surface area contributed by atoms with E-state index < -0.39 is 17.6 Å². The van der Waals surface area contributed by atoms with Crippen LogP contribution in [0.1, 0.15) is 51.8 Å². The zero-order valence-electron chi connectivity index (χ0n) is 19.9. The van der Waals surface area contributed by atoms with Crippen molar-refractivity contribution in [1.82, 2.24) is 14.4 Å². The van der Waals surface area contributed by atoms with Gasteiger partial charge < -0.3 is 14.2 Å². The van der Waals surface area contributed by atoms with E-state index in [4.69, 9.17) is 4.74 Å². The number of aryl methyl sites for hydroxylation is 1. The number of nitrogens with zero attached hydrogens (tertiary/aromatic N) is 3. The van der Waals surface area contributed by atoms with E-state index in [-0.39, 0.29) is 12.6 Å². The molecule has 0 bridgehead atoms. The summed E-state index contributed by atoms with van der Waals surface area (Å²) >= 11 is 3.55. The first-order valence-corrected chi connectivity index (χ1v) is 12.6. The van der Waals surface area contributed by atoms with E-state index in [1.807, 2.05) is 61.4 Å². The molecule has 1 unspecified atom stereocenters. The Morgan fingerprint density at radius 3 is 2.52 bits per heavy atom. The molecule has 5 nitrogen and oxygen atoms in total. The number of rotatable bonds is 3. The third kappa shape index (κ3) is 5.37. The Morgan fingerprint density at radius 1 is 1.18 bits per heavy atom. The minimum Gasteiger partial charge on any atom is -0.444 e. The van der Waals surface area contributed by atoms with Crippen LogP contribution in [0.25, 0.3) is 10.9 Å². The van der Waals surface area contributed by atoms with Gasteiger partial charge in [-0.1, -0.05) is 22.0 Å². The first-order valence-electron chi connectivity index (χ1n) is 11.8. The lowest BCUT2D eigenvalue weighted by Crippen LogP contribution is -2.51. The van der Waals surface area contributed by atoms with Crippen molar-refractivity contribution in [2.24, 2.45) is 5.92 Å². The number of hydrogen-bond acceptors (Lipinski definition) is 3. The smallest absolute Gasteiger partial charge is 0.410 e. The minimum absolute atomic E-state index is 0.225. The maximum atomic E-state index is 15.4. The summed E-state index contributed by atoms with van der Waals surface area (Å²) in [7, 11) is 0. The van der Waals surface area contributed by atoms with Crippen LogP contribution in [0.2, 0.25) is 0 Å². The van der Waals surface area contributed by atoms with Crippen molar-refractivity contribution in [3.8, 4) is 0 Å². The molecule has 0 N–H and O–H groups in total. The second-order valence-corrected chi connectivity index (χ2v) is 11.4. The van der Waals surface area contributed by atoms with E-state index in [0.717, 1.165) is 33.9 Å². The van der Waals surface area contributed by atoms with Crippen molar-refractivity contribution in [3.63, 3.8) is 0 Å². The molecule has 1 atom stereocenters. The summed E-state index contributed by atoms with van der Waals surface area (Å²) in [5.74, 6) is -2.49. The number of carbonyl (C=O) groups is 1. The van der Waals surface area contributed by atoms with Gasteiger partial charge in [0.1, 0.15) is 11.6 Å². The van der Waals surface area contributed by atoms with Gasteiger partial charge in [-0.15, -0.1) is 0 Å². The van der Waals surface area contributed by atoms with Crippen LogP contribution in [0.3, 0.4) is 0 Å². The standard InChI is InChI=1S/C25H34BrF2N3O2/c1-17-14-19-20(26)6-5-7-21(19)31(17)22-10-11-29(16-25(22,27)28)15-18-8-12-30(13-9-18)23(32)33-24(2,3)4/h5-7,14,18,22H,8-13,15-16H2,1-4H3. The number of alkyl halides is 2. The fourth-order valence-corrected chi connectivity index (χ4v) is 5.69. The van der Waals surface area contributed by atoms with E-state index in [1.54, 1.807) is 4.90 Å². The molecule has 2 saturated heterocycles. The Hall–Kier alpha value is -1.67. The highest BCUT2D eigenvalue weighted by Gasteiger charge is 2.46. The van der Waals surface area contributed by atoms with Crippen LogP contribution in [0.4, 0.5) is 13.6 Å². The average molecular weight is 526 g/mol. The first kappa shape index (κ1) is 24.5. The summed E-state index contributed by atoms with van der Waals surface area (Å²) in [6.07, 6.45) is 1.77. The number of halogens is 3. The molecule has 33 heavy (non-hydrogen) atoms. The lowest BCUT2D eigenvalue weighted by atomic mass is 9.93. The molecule has 2 fully saturated rings. The molecule has 0 aliphatic carbocycles. The quantitative estimate of drug-likeness (QED) is 0.475. The Labute approximate surface area is 203 Å². The van der Waals surface area contributed by atoms with Crippen molar-refractivity contribution in [2.45, 2.75) is 64.5 Å². The Morgan fingerprint density at radius 2 is 1.88 bits per heavy atom. The number of likely N-dealkylation sites (tertiary alicyclic amines) is 2. The summed E-state index contributed by atoms with van der Waals surface area (Å²) < 4.78 is 39.1. The fourth-order valence-electron chi connectivity index (χ4n) is 5.22. The van der Waals surface area contributed by atoms with Crippen LogP contribution in [0, 0.1) is 12.8 Å². The molecule has 1 amide bonds. The molecule has 2 aliphatic heterocycles. The predicted octanol–water partition coefficient (Wildman–Crippen LogP) is 6.24. The maximum Gasteiger partial charge on any atom is 0.410 e.